The Labute approximate surface area is 165 Å². The molecule has 0 amide bonds. The van der Waals surface area contributed by atoms with Gasteiger partial charge in [0.15, 0.2) is 0 Å². The Morgan fingerprint density at radius 2 is 1.93 bits per heavy atom. The maximum absolute atomic E-state index is 13.3. The number of aromatic nitrogens is 2. The van der Waals surface area contributed by atoms with E-state index in [1.807, 2.05) is 6.92 Å². The third kappa shape index (κ3) is 3.46. The minimum absolute atomic E-state index is 0.0432. The summed E-state index contributed by atoms with van der Waals surface area (Å²) in [6.45, 7) is 3.48. The first kappa shape index (κ1) is 18.8. The Morgan fingerprint density at radius 1 is 1.25 bits per heavy atom. The summed E-state index contributed by atoms with van der Waals surface area (Å²) in [6, 6.07) is 6.05. The summed E-state index contributed by atoms with van der Waals surface area (Å²) in [7, 11) is 0. The highest BCUT2D eigenvalue weighted by atomic mass is 32.1. The van der Waals surface area contributed by atoms with Crippen LogP contribution < -0.4 is 5.56 Å². The average molecular weight is 400 g/mol. The lowest BCUT2D eigenvalue weighted by molar-refractivity contribution is -0.149. The van der Waals surface area contributed by atoms with Crippen molar-refractivity contribution in [3.63, 3.8) is 0 Å². The Morgan fingerprint density at radius 3 is 2.61 bits per heavy atom. The molecule has 2 heterocycles. The van der Waals surface area contributed by atoms with Crippen LogP contribution in [0.5, 0.6) is 0 Å². The van der Waals surface area contributed by atoms with Gasteiger partial charge in [0.05, 0.1) is 5.39 Å². The molecule has 0 bridgehead atoms. The standard InChI is InChI=1S/C21H21FN2O3S/c1-12-18(14-7-9-15(22)10-8-14)19-20(28-12)23-13(2)24(21(19)26)11-17(25)27-16-5-3-4-6-16/h7-10,16H,3-6,11H2,1-2H3. The molecule has 0 N–H and O–H groups in total. The zero-order valence-electron chi connectivity index (χ0n) is 15.8. The zero-order chi connectivity index (χ0) is 19.8. The fourth-order valence-corrected chi connectivity index (χ4v) is 4.89. The predicted octanol–water partition coefficient (Wildman–Crippen LogP) is 4.37. The maximum atomic E-state index is 13.3. The van der Waals surface area contributed by atoms with Gasteiger partial charge < -0.3 is 4.74 Å². The molecule has 1 saturated carbocycles. The number of thiophene rings is 1. The summed E-state index contributed by atoms with van der Waals surface area (Å²) in [5.41, 5.74) is 1.23. The molecule has 0 spiro atoms. The number of benzene rings is 1. The molecule has 0 aliphatic heterocycles. The van der Waals surface area contributed by atoms with Crippen molar-refractivity contribution < 1.29 is 13.9 Å². The molecule has 0 radical (unpaired) electrons. The van der Waals surface area contributed by atoms with E-state index in [-0.39, 0.29) is 24.0 Å². The number of rotatable bonds is 4. The van der Waals surface area contributed by atoms with Crippen molar-refractivity contribution in [2.24, 2.45) is 0 Å². The molecule has 0 atom stereocenters. The minimum Gasteiger partial charge on any atom is -0.461 e. The van der Waals surface area contributed by atoms with Crippen molar-refractivity contribution in [3.05, 3.63) is 51.1 Å². The number of carbonyl (C=O) groups excluding carboxylic acids is 1. The molecule has 1 fully saturated rings. The second kappa shape index (κ2) is 7.47. The fourth-order valence-electron chi connectivity index (χ4n) is 3.81. The van der Waals surface area contributed by atoms with Crippen molar-refractivity contribution in [1.82, 2.24) is 9.55 Å². The highest BCUT2D eigenvalue weighted by molar-refractivity contribution is 7.19. The van der Waals surface area contributed by atoms with Crippen molar-refractivity contribution in [1.29, 1.82) is 0 Å². The molecule has 1 aliphatic rings. The number of fused-ring (bicyclic) bond motifs is 1. The topological polar surface area (TPSA) is 61.2 Å². The maximum Gasteiger partial charge on any atom is 0.326 e. The van der Waals surface area contributed by atoms with Gasteiger partial charge in [-0.2, -0.15) is 0 Å². The van der Waals surface area contributed by atoms with Crippen LogP contribution in [0.4, 0.5) is 4.39 Å². The lowest BCUT2D eigenvalue weighted by Gasteiger charge is -2.13. The van der Waals surface area contributed by atoms with Gasteiger partial charge in [-0.3, -0.25) is 14.2 Å². The van der Waals surface area contributed by atoms with E-state index in [0.29, 0.717) is 16.0 Å². The van der Waals surface area contributed by atoms with Gasteiger partial charge in [-0.15, -0.1) is 11.3 Å². The second-order valence-corrected chi connectivity index (χ2v) is 8.37. The Bertz CT molecular complexity index is 1100. The molecule has 7 heteroatoms. The van der Waals surface area contributed by atoms with Gasteiger partial charge in [-0.1, -0.05) is 12.1 Å². The van der Waals surface area contributed by atoms with Crippen molar-refractivity contribution in [3.8, 4) is 11.1 Å². The summed E-state index contributed by atoms with van der Waals surface area (Å²) in [4.78, 5) is 31.7. The molecule has 3 aromatic rings. The van der Waals surface area contributed by atoms with E-state index in [1.165, 1.54) is 28.0 Å². The molecule has 2 aromatic heterocycles. The van der Waals surface area contributed by atoms with Gasteiger partial charge in [0.1, 0.15) is 29.1 Å². The number of halogens is 1. The summed E-state index contributed by atoms with van der Waals surface area (Å²) in [5.74, 6) is -0.261. The van der Waals surface area contributed by atoms with Gasteiger partial charge in [0.25, 0.3) is 5.56 Å². The largest absolute Gasteiger partial charge is 0.461 e. The number of carbonyl (C=O) groups is 1. The van der Waals surface area contributed by atoms with Crippen molar-refractivity contribution >= 4 is 27.5 Å². The zero-order valence-corrected chi connectivity index (χ0v) is 16.6. The van der Waals surface area contributed by atoms with Crippen LogP contribution in [-0.4, -0.2) is 21.6 Å². The van der Waals surface area contributed by atoms with Crippen LogP contribution in [0.2, 0.25) is 0 Å². The van der Waals surface area contributed by atoms with Gasteiger partial charge >= 0.3 is 5.97 Å². The molecule has 4 rings (SSSR count). The van der Waals surface area contributed by atoms with Gasteiger partial charge in [-0.25, -0.2) is 9.37 Å². The van der Waals surface area contributed by atoms with E-state index in [2.05, 4.69) is 4.98 Å². The van der Waals surface area contributed by atoms with Crippen LogP contribution in [0.3, 0.4) is 0 Å². The molecular formula is C21H21FN2O3S. The minimum atomic E-state index is -0.409. The molecule has 1 aromatic carbocycles. The second-order valence-electron chi connectivity index (χ2n) is 7.17. The van der Waals surface area contributed by atoms with Crippen molar-refractivity contribution in [2.75, 3.05) is 0 Å². The predicted molar refractivity (Wildman–Crippen MR) is 107 cm³/mol. The van der Waals surface area contributed by atoms with E-state index in [4.69, 9.17) is 4.74 Å². The highest BCUT2D eigenvalue weighted by Gasteiger charge is 2.22. The highest BCUT2D eigenvalue weighted by Crippen LogP contribution is 2.35. The summed E-state index contributed by atoms with van der Waals surface area (Å²) < 4.78 is 20.2. The summed E-state index contributed by atoms with van der Waals surface area (Å²) >= 11 is 1.43. The number of esters is 1. The van der Waals surface area contributed by atoms with Gasteiger partial charge in [-0.05, 0) is 57.2 Å². The number of aryl methyl sites for hydroxylation is 2. The molecular weight excluding hydrogens is 379 g/mol. The first-order valence-electron chi connectivity index (χ1n) is 9.40. The first-order valence-corrected chi connectivity index (χ1v) is 10.2. The summed E-state index contributed by atoms with van der Waals surface area (Å²) in [6.07, 6.45) is 3.86. The van der Waals surface area contributed by atoms with E-state index < -0.39 is 5.97 Å². The third-order valence-corrected chi connectivity index (χ3v) is 6.20. The number of hydrogen-bond acceptors (Lipinski definition) is 5. The van der Waals surface area contributed by atoms with Crippen LogP contribution in [0.1, 0.15) is 36.4 Å². The Kier molecular flexibility index (Phi) is 5.02. The normalized spacial score (nSPS) is 14.7. The van der Waals surface area contributed by atoms with Crippen LogP contribution in [0.15, 0.2) is 29.1 Å². The Hall–Kier alpha value is -2.54. The third-order valence-electron chi connectivity index (χ3n) is 5.20. The SMILES string of the molecule is Cc1sc2nc(C)n(CC(=O)OC3CCCC3)c(=O)c2c1-c1ccc(F)cc1. The molecule has 146 valence electrons. The van der Waals surface area contributed by atoms with Gasteiger partial charge in [0, 0.05) is 10.4 Å². The lowest BCUT2D eigenvalue weighted by atomic mass is 10.0. The van der Waals surface area contributed by atoms with Crippen molar-refractivity contribution in [2.45, 2.75) is 52.2 Å². The molecule has 1 aliphatic carbocycles. The molecule has 0 unspecified atom stereocenters. The van der Waals surface area contributed by atoms with E-state index in [0.717, 1.165) is 41.7 Å². The quantitative estimate of drug-likeness (QED) is 0.610. The molecule has 28 heavy (non-hydrogen) atoms. The van der Waals surface area contributed by atoms with Crippen LogP contribution in [0, 0.1) is 19.7 Å². The lowest BCUT2D eigenvalue weighted by Crippen LogP contribution is -2.29. The fraction of sp³-hybridized carbons (Fsp3) is 0.381. The van der Waals surface area contributed by atoms with E-state index >= 15 is 0 Å². The molecule has 5 nitrogen and oxygen atoms in total. The number of ether oxygens (including phenoxy) is 1. The smallest absolute Gasteiger partial charge is 0.326 e. The molecule has 0 saturated heterocycles. The summed E-state index contributed by atoms with van der Waals surface area (Å²) in [5, 5.41) is 0.466. The average Bonchev–Trinajstić information content (AvgIpc) is 3.26. The number of nitrogens with zero attached hydrogens (tertiary/aromatic N) is 2. The van der Waals surface area contributed by atoms with Crippen LogP contribution >= 0.6 is 11.3 Å². The van der Waals surface area contributed by atoms with Crippen LogP contribution in [-0.2, 0) is 16.1 Å². The van der Waals surface area contributed by atoms with E-state index in [1.54, 1.807) is 19.1 Å². The first-order chi connectivity index (χ1) is 13.4. The monoisotopic (exact) mass is 400 g/mol. The number of hydrogen-bond donors (Lipinski definition) is 0. The van der Waals surface area contributed by atoms with E-state index in [9.17, 15) is 14.0 Å². The Balaban J connectivity index is 1.75. The van der Waals surface area contributed by atoms with Crippen LogP contribution in [0.25, 0.3) is 21.3 Å². The van der Waals surface area contributed by atoms with Gasteiger partial charge in [0.2, 0.25) is 0 Å².